The van der Waals surface area contributed by atoms with E-state index in [1.54, 1.807) is 7.11 Å². The van der Waals surface area contributed by atoms with Crippen LogP contribution in [-0.2, 0) is 11.2 Å². The van der Waals surface area contributed by atoms with Crippen LogP contribution in [0.1, 0.15) is 25.3 Å². The van der Waals surface area contributed by atoms with Crippen LogP contribution in [0.15, 0.2) is 18.2 Å². The van der Waals surface area contributed by atoms with Crippen molar-refractivity contribution in [1.29, 1.82) is 0 Å². The first-order valence-electron chi connectivity index (χ1n) is 6.27. The number of methoxy groups -OCH3 is 1. The highest BCUT2D eigenvalue weighted by atomic mass is 16.5. The van der Waals surface area contributed by atoms with Gasteiger partial charge in [-0.1, -0.05) is 0 Å². The fraction of sp³-hybridized carbons (Fsp3) is 0.500. The van der Waals surface area contributed by atoms with Gasteiger partial charge >= 0.3 is 0 Å². The van der Waals surface area contributed by atoms with Crippen LogP contribution in [0, 0.1) is 0 Å². The number of nitrogens with one attached hydrogen (secondary N) is 1. The molecule has 2 rings (SSSR count). The second-order valence-electron chi connectivity index (χ2n) is 4.52. The average molecular weight is 249 g/mol. The Bertz CT molecular complexity index is 431. The fourth-order valence-electron chi connectivity index (χ4n) is 2.16. The SMILES string of the molecule is COc1ccc2c(c1)CCC(CCNC(C)=O)O2. The number of carbonyl (C=O) groups excluding carboxylic acids is 1. The van der Waals surface area contributed by atoms with Crippen LogP contribution >= 0.6 is 0 Å². The highest BCUT2D eigenvalue weighted by Crippen LogP contribution is 2.31. The lowest BCUT2D eigenvalue weighted by Gasteiger charge is -2.26. The summed E-state index contributed by atoms with van der Waals surface area (Å²) in [4.78, 5) is 10.8. The minimum Gasteiger partial charge on any atom is -0.497 e. The van der Waals surface area contributed by atoms with Gasteiger partial charge < -0.3 is 14.8 Å². The average Bonchev–Trinajstić information content (AvgIpc) is 2.37. The second kappa shape index (κ2) is 5.76. The van der Waals surface area contributed by atoms with E-state index in [9.17, 15) is 4.79 Å². The van der Waals surface area contributed by atoms with Gasteiger partial charge in [-0.3, -0.25) is 4.79 Å². The van der Waals surface area contributed by atoms with Crippen molar-refractivity contribution in [3.63, 3.8) is 0 Å². The molecule has 18 heavy (non-hydrogen) atoms. The lowest BCUT2D eigenvalue weighted by molar-refractivity contribution is -0.119. The first-order valence-corrected chi connectivity index (χ1v) is 6.27. The van der Waals surface area contributed by atoms with Gasteiger partial charge in [-0.25, -0.2) is 0 Å². The molecule has 1 aliphatic heterocycles. The maximum Gasteiger partial charge on any atom is 0.216 e. The third-order valence-electron chi connectivity index (χ3n) is 3.14. The zero-order valence-corrected chi connectivity index (χ0v) is 10.9. The Hall–Kier alpha value is -1.71. The summed E-state index contributed by atoms with van der Waals surface area (Å²) in [6, 6.07) is 5.90. The Morgan fingerprint density at radius 3 is 3.11 bits per heavy atom. The second-order valence-corrected chi connectivity index (χ2v) is 4.52. The Kier molecular flexibility index (Phi) is 4.07. The highest BCUT2D eigenvalue weighted by molar-refractivity contribution is 5.72. The molecule has 0 aliphatic carbocycles. The molecular weight excluding hydrogens is 230 g/mol. The number of benzene rings is 1. The van der Waals surface area contributed by atoms with Gasteiger partial charge in [0.2, 0.25) is 5.91 Å². The summed E-state index contributed by atoms with van der Waals surface area (Å²) < 4.78 is 11.1. The van der Waals surface area contributed by atoms with Crippen molar-refractivity contribution in [3.05, 3.63) is 23.8 Å². The summed E-state index contributed by atoms with van der Waals surface area (Å²) in [5, 5.41) is 2.80. The van der Waals surface area contributed by atoms with Crippen LogP contribution in [-0.4, -0.2) is 25.7 Å². The number of ether oxygens (including phenoxy) is 2. The zero-order valence-electron chi connectivity index (χ0n) is 10.9. The van der Waals surface area contributed by atoms with Crippen molar-refractivity contribution in [2.45, 2.75) is 32.3 Å². The van der Waals surface area contributed by atoms with Gasteiger partial charge in [0.15, 0.2) is 0 Å². The molecular formula is C14H19NO3. The molecule has 0 spiro atoms. The quantitative estimate of drug-likeness (QED) is 0.886. The molecule has 1 unspecified atom stereocenters. The van der Waals surface area contributed by atoms with Gasteiger partial charge in [0.25, 0.3) is 0 Å². The Morgan fingerprint density at radius 2 is 2.39 bits per heavy atom. The lowest BCUT2D eigenvalue weighted by Crippen LogP contribution is -2.29. The van der Waals surface area contributed by atoms with E-state index in [0.717, 1.165) is 30.8 Å². The van der Waals surface area contributed by atoms with E-state index in [0.29, 0.717) is 6.54 Å². The number of aryl methyl sites for hydroxylation is 1. The molecule has 1 N–H and O–H groups in total. The number of hydrogen-bond donors (Lipinski definition) is 1. The topological polar surface area (TPSA) is 47.6 Å². The third kappa shape index (κ3) is 3.15. The van der Waals surface area contributed by atoms with E-state index in [4.69, 9.17) is 9.47 Å². The molecule has 0 aromatic heterocycles. The van der Waals surface area contributed by atoms with Gasteiger partial charge in [0, 0.05) is 19.9 Å². The van der Waals surface area contributed by atoms with Crippen molar-refractivity contribution in [1.82, 2.24) is 5.32 Å². The number of rotatable bonds is 4. The monoisotopic (exact) mass is 249 g/mol. The molecule has 0 bridgehead atoms. The van der Waals surface area contributed by atoms with E-state index < -0.39 is 0 Å². The van der Waals surface area contributed by atoms with Crippen LogP contribution in [0.4, 0.5) is 0 Å². The van der Waals surface area contributed by atoms with Crippen LogP contribution in [0.5, 0.6) is 11.5 Å². The molecule has 1 aromatic carbocycles. The summed E-state index contributed by atoms with van der Waals surface area (Å²) in [6.45, 7) is 2.20. The van der Waals surface area contributed by atoms with Crippen molar-refractivity contribution in [2.75, 3.05) is 13.7 Å². The molecule has 0 saturated carbocycles. The standard InChI is InChI=1S/C14H19NO3/c1-10(16)15-8-7-12-4-3-11-9-13(17-2)5-6-14(11)18-12/h5-6,9,12H,3-4,7-8H2,1-2H3,(H,15,16). The predicted octanol–water partition coefficient (Wildman–Crippen LogP) is 1.91. The van der Waals surface area contributed by atoms with Crippen molar-refractivity contribution < 1.29 is 14.3 Å². The maximum atomic E-state index is 10.8. The summed E-state index contributed by atoms with van der Waals surface area (Å²) in [5.41, 5.74) is 1.20. The lowest BCUT2D eigenvalue weighted by atomic mass is 10.0. The molecule has 4 heteroatoms. The Labute approximate surface area is 107 Å². The number of carbonyl (C=O) groups is 1. The summed E-state index contributed by atoms with van der Waals surface area (Å²) >= 11 is 0. The molecule has 4 nitrogen and oxygen atoms in total. The van der Waals surface area contributed by atoms with E-state index in [1.165, 1.54) is 12.5 Å². The molecule has 0 radical (unpaired) electrons. The van der Waals surface area contributed by atoms with Crippen LogP contribution in [0.25, 0.3) is 0 Å². The minimum atomic E-state index is 0.0101. The minimum absolute atomic E-state index is 0.0101. The molecule has 0 saturated heterocycles. The van der Waals surface area contributed by atoms with Gasteiger partial charge in [-0.2, -0.15) is 0 Å². The molecule has 1 atom stereocenters. The fourth-order valence-corrected chi connectivity index (χ4v) is 2.16. The van der Waals surface area contributed by atoms with Gasteiger partial charge in [0.1, 0.15) is 17.6 Å². The smallest absolute Gasteiger partial charge is 0.216 e. The largest absolute Gasteiger partial charge is 0.497 e. The predicted molar refractivity (Wildman–Crippen MR) is 69.0 cm³/mol. The molecule has 98 valence electrons. The van der Waals surface area contributed by atoms with Crippen LogP contribution in [0.2, 0.25) is 0 Å². The molecule has 0 fully saturated rings. The summed E-state index contributed by atoms with van der Waals surface area (Å²) in [6.07, 6.45) is 3.03. The van der Waals surface area contributed by atoms with E-state index in [-0.39, 0.29) is 12.0 Å². The van der Waals surface area contributed by atoms with Crippen molar-refractivity contribution in [3.8, 4) is 11.5 Å². The molecule has 1 heterocycles. The van der Waals surface area contributed by atoms with Gasteiger partial charge in [-0.05, 0) is 36.6 Å². The van der Waals surface area contributed by atoms with Crippen molar-refractivity contribution >= 4 is 5.91 Å². The van der Waals surface area contributed by atoms with E-state index in [1.807, 2.05) is 18.2 Å². The first kappa shape index (κ1) is 12.7. The van der Waals surface area contributed by atoms with Crippen molar-refractivity contribution in [2.24, 2.45) is 0 Å². The summed E-state index contributed by atoms with van der Waals surface area (Å²) in [7, 11) is 1.67. The maximum absolute atomic E-state index is 10.8. The van der Waals surface area contributed by atoms with Gasteiger partial charge in [-0.15, -0.1) is 0 Å². The van der Waals surface area contributed by atoms with E-state index >= 15 is 0 Å². The van der Waals surface area contributed by atoms with Crippen LogP contribution in [0.3, 0.4) is 0 Å². The molecule has 1 amide bonds. The molecule has 1 aliphatic rings. The number of amides is 1. The number of fused-ring (bicyclic) bond motifs is 1. The first-order chi connectivity index (χ1) is 8.69. The Balaban J connectivity index is 1.91. The zero-order chi connectivity index (χ0) is 13.0. The number of hydrogen-bond acceptors (Lipinski definition) is 3. The Morgan fingerprint density at radius 1 is 1.56 bits per heavy atom. The normalized spacial score (nSPS) is 17.6. The highest BCUT2D eigenvalue weighted by Gasteiger charge is 2.19. The van der Waals surface area contributed by atoms with E-state index in [2.05, 4.69) is 5.32 Å². The summed E-state index contributed by atoms with van der Waals surface area (Å²) in [5.74, 6) is 1.82. The molecule has 1 aromatic rings. The van der Waals surface area contributed by atoms with Crippen LogP contribution < -0.4 is 14.8 Å². The van der Waals surface area contributed by atoms with Gasteiger partial charge in [0.05, 0.1) is 7.11 Å². The third-order valence-corrected chi connectivity index (χ3v) is 3.14.